The van der Waals surface area contributed by atoms with Crippen molar-refractivity contribution in [2.24, 2.45) is 0 Å². The molecule has 0 aliphatic heterocycles. The topological polar surface area (TPSA) is 60.1 Å². The first-order valence-corrected chi connectivity index (χ1v) is 4.41. The van der Waals surface area contributed by atoms with E-state index >= 15 is 0 Å². The third-order valence-corrected chi connectivity index (χ3v) is 1.95. The molecule has 0 atom stereocenters. The van der Waals surface area contributed by atoms with Gasteiger partial charge in [-0.15, -0.1) is 0 Å². The smallest absolute Gasteiger partial charge is 0.288 e. The van der Waals surface area contributed by atoms with Crippen molar-refractivity contribution in [2.45, 2.75) is 0 Å². The maximum absolute atomic E-state index is 10.7. The molecule has 0 saturated heterocycles. The van der Waals surface area contributed by atoms with Gasteiger partial charge in [-0.2, -0.15) is 0 Å². The van der Waals surface area contributed by atoms with Gasteiger partial charge >= 0.3 is 0 Å². The van der Waals surface area contributed by atoms with Crippen LogP contribution in [0, 0.1) is 10.1 Å². The molecule has 15 heavy (non-hydrogen) atoms. The molecule has 0 aliphatic carbocycles. The van der Waals surface area contributed by atoms with Gasteiger partial charge in [-0.05, 0) is 18.2 Å². The molecule has 76 valence electrons. The van der Waals surface area contributed by atoms with E-state index in [1.807, 2.05) is 12.1 Å². The number of anilines is 1. The predicted octanol–water partition coefficient (Wildman–Crippen LogP) is 2.27. The lowest BCUT2D eigenvalue weighted by atomic mass is 10.3. The Bertz CT molecular complexity index is 465. The largest absolute Gasteiger partial charge is 0.294 e. The lowest BCUT2D eigenvalue weighted by molar-refractivity contribution is -0.384. The minimum atomic E-state index is -0.411. The summed E-state index contributed by atoms with van der Waals surface area (Å²) in [6.45, 7) is 0. The van der Waals surface area contributed by atoms with Crippen LogP contribution in [0.3, 0.4) is 0 Å². The molecule has 5 nitrogen and oxygen atoms in total. The fourth-order valence-corrected chi connectivity index (χ4v) is 1.28. The number of nitro benzene ring substituents is 1. The summed E-state index contributed by atoms with van der Waals surface area (Å²) < 4.78 is 1.66. The van der Waals surface area contributed by atoms with Crippen LogP contribution in [0.15, 0.2) is 48.8 Å². The Morgan fingerprint density at radius 3 is 2.47 bits per heavy atom. The number of benzene rings is 1. The van der Waals surface area contributed by atoms with Gasteiger partial charge in [0.25, 0.3) is 5.69 Å². The summed E-state index contributed by atoms with van der Waals surface area (Å²) in [5.41, 5.74) is 3.44. The van der Waals surface area contributed by atoms with Gasteiger partial charge < -0.3 is 0 Å². The van der Waals surface area contributed by atoms with Crippen molar-refractivity contribution in [3.63, 3.8) is 0 Å². The van der Waals surface area contributed by atoms with E-state index in [1.165, 1.54) is 6.07 Å². The van der Waals surface area contributed by atoms with E-state index < -0.39 is 4.92 Å². The second kappa shape index (κ2) is 3.83. The van der Waals surface area contributed by atoms with Crippen molar-refractivity contribution in [2.75, 3.05) is 5.43 Å². The first-order chi connectivity index (χ1) is 7.27. The van der Waals surface area contributed by atoms with Crippen molar-refractivity contribution in [1.29, 1.82) is 0 Å². The molecule has 0 aliphatic rings. The third kappa shape index (κ3) is 1.96. The number of aromatic nitrogens is 1. The summed E-state index contributed by atoms with van der Waals surface area (Å²) >= 11 is 0. The van der Waals surface area contributed by atoms with Gasteiger partial charge in [0.1, 0.15) is 5.69 Å². The van der Waals surface area contributed by atoms with E-state index in [4.69, 9.17) is 0 Å². The van der Waals surface area contributed by atoms with Crippen LogP contribution >= 0.6 is 0 Å². The molecule has 0 spiro atoms. The molecule has 0 fully saturated rings. The molecule has 0 amide bonds. The average Bonchev–Trinajstić information content (AvgIpc) is 2.71. The average molecular weight is 203 g/mol. The summed E-state index contributed by atoms with van der Waals surface area (Å²) in [4.78, 5) is 10.3. The lowest BCUT2D eigenvalue weighted by Crippen LogP contribution is -2.07. The monoisotopic (exact) mass is 203 g/mol. The van der Waals surface area contributed by atoms with Crippen LogP contribution in [0.4, 0.5) is 11.4 Å². The van der Waals surface area contributed by atoms with E-state index in [0.717, 1.165) is 0 Å². The zero-order chi connectivity index (χ0) is 10.7. The van der Waals surface area contributed by atoms with Crippen LogP contribution in [0.25, 0.3) is 0 Å². The standard InChI is InChI=1S/C10H9N3O2/c14-13(15)10-6-2-1-5-9(10)11-12-7-3-4-8-12/h1-8,11H. The highest BCUT2D eigenvalue weighted by Gasteiger charge is 2.11. The Hall–Kier alpha value is -2.30. The maximum atomic E-state index is 10.7. The molecular formula is C10H9N3O2. The number of nitrogens with one attached hydrogen (secondary N) is 1. The normalized spacial score (nSPS) is 9.87. The van der Waals surface area contributed by atoms with Crippen LogP contribution in [-0.2, 0) is 0 Å². The third-order valence-electron chi connectivity index (χ3n) is 1.95. The second-order valence-electron chi connectivity index (χ2n) is 2.98. The van der Waals surface area contributed by atoms with Crippen molar-refractivity contribution >= 4 is 11.4 Å². The number of nitro groups is 1. The highest BCUT2D eigenvalue weighted by molar-refractivity contribution is 5.60. The fraction of sp³-hybridized carbons (Fsp3) is 0. The van der Waals surface area contributed by atoms with Crippen LogP contribution in [0.2, 0.25) is 0 Å². The SMILES string of the molecule is O=[N+]([O-])c1ccccc1Nn1cccc1. The van der Waals surface area contributed by atoms with E-state index in [0.29, 0.717) is 5.69 Å². The molecule has 1 heterocycles. The van der Waals surface area contributed by atoms with E-state index in [2.05, 4.69) is 5.43 Å². The number of hydrogen-bond donors (Lipinski definition) is 1. The molecule has 1 aromatic carbocycles. The molecular weight excluding hydrogens is 194 g/mol. The number of hydrogen-bond acceptors (Lipinski definition) is 3. The molecule has 0 bridgehead atoms. The number of nitrogens with zero attached hydrogens (tertiary/aromatic N) is 2. The molecule has 2 aromatic rings. The van der Waals surface area contributed by atoms with Gasteiger partial charge in [0.05, 0.1) is 4.92 Å². The van der Waals surface area contributed by atoms with Gasteiger partial charge in [-0.1, -0.05) is 12.1 Å². The molecule has 1 aromatic heterocycles. The van der Waals surface area contributed by atoms with Crippen molar-refractivity contribution in [1.82, 2.24) is 4.68 Å². The molecule has 0 radical (unpaired) electrons. The Morgan fingerprint density at radius 1 is 1.13 bits per heavy atom. The first kappa shape index (κ1) is 9.26. The van der Waals surface area contributed by atoms with E-state index in [-0.39, 0.29) is 5.69 Å². The van der Waals surface area contributed by atoms with Crippen molar-refractivity contribution in [3.8, 4) is 0 Å². The lowest BCUT2D eigenvalue weighted by Gasteiger charge is -2.07. The van der Waals surface area contributed by atoms with Crippen LogP contribution < -0.4 is 5.43 Å². The first-order valence-electron chi connectivity index (χ1n) is 4.41. The molecule has 0 unspecified atom stereocenters. The highest BCUT2D eigenvalue weighted by Crippen LogP contribution is 2.22. The summed E-state index contributed by atoms with van der Waals surface area (Å²) in [6.07, 6.45) is 3.55. The number of para-hydroxylation sites is 2. The van der Waals surface area contributed by atoms with Crippen LogP contribution in [0.5, 0.6) is 0 Å². The zero-order valence-corrected chi connectivity index (χ0v) is 7.83. The van der Waals surface area contributed by atoms with E-state index in [1.54, 1.807) is 35.3 Å². The van der Waals surface area contributed by atoms with E-state index in [9.17, 15) is 10.1 Å². The molecule has 5 heteroatoms. The second-order valence-corrected chi connectivity index (χ2v) is 2.98. The Morgan fingerprint density at radius 2 is 1.80 bits per heavy atom. The Labute approximate surface area is 86.1 Å². The highest BCUT2D eigenvalue weighted by atomic mass is 16.6. The van der Waals surface area contributed by atoms with Gasteiger partial charge in [0.2, 0.25) is 0 Å². The predicted molar refractivity (Wildman–Crippen MR) is 56.5 cm³/mol. The minimum Gasteiger partial charge on any atom is -0.288 e. The minimum absolute atomic E-state index is 0.0613. The van der Waals surface area contributed by atoms with Gasteiger partial charge in [0.15, 0.2) is 0 Å². The van der Waals surface area contributed by atoms with Gasteiger partial charge in [-0.3, -0.25) is 20.2 Å². The van der Waals surface area contributed by atoms with Crippen molar-refractivity contribution < 1.29 is 4.92 Å². The summed E-state index contributed by atoms with van der Waals surface area (Å²) in [7, 11) is 0. The van der Waals surface area contributed by atoms with Crippen molar-refractivity contribution in [3.05, 3.63) is 58.9 Å². The van der Waals surface area contributed by atoms with Gasteiger partial charge in [0, 0.05) is 18.5 Å². The maximum Gasteiger partial charge on any atom is 0.294 e. The van der Waals surface area contributed by atoms with Crippen LogP contribution in [0.1, 0.15) is 0 Å². The summed E-state index contributed by atoms with van der Waals surface area (Å²) in [5, 5.41) is 10.7. The number of rotatable bonds is 3. The quantitative estimate of drug-likeness (QED) is 0.614. The van der Waals surface area contributed by atoms with Crippen LogP contribution in [-0.4, -0.2) is 9.60 Å². The van der Waals surface area contributed by atoms with Gasteiger partial charge in [-0.25, -0.2) is 0 Å². The zero-order valence-electron chi connectivity index (χ0n) is 7.83. The molecule has 0 saturated carbocycles. The fourth-order valence-electron chi connectivity index (χ4n) is 1.28. The summed E-state index contributed by atoms with van der Waals surface area (Å²) in [5.74, 6) is 0. The summed E-state index contributed by atoms with van der Waals surface area (Å²) in [6, 6.07) is 10.2. The molecule has 1 N–H and O–H groups in total. The molecule has 2 rings (SSSR count). The Balaban J connectivity index is 2.32. The Kier molecular flexibility index (Phi) is 2.37.